The van der Waals surface area contributed by atoms with Gasteiger partial charge in [-0.25, -0.2) is 9.78 Å². The van der Waals surface area contributed by atoms with Crippen LogP contribution in [0.2, 0.25) is 0 Å². The Kier molecular flexibility index (Phi) is 3.50. The highest BCUT2D eigenvalue weighted by Gasteiger charge is 2.07. The lowest BCUT2D eigenvalue weighted by Crippen LogP contribution is -2.36. The van der Waals surface area contributed by atoms with E-state index >= 15 is 0 Å². The predicted molar refractivity (Wildman–Crippen MR) is 69.5 cm³/mol. The van der Waals surface area contributed by atoms with Crippen LogP contribution >= 0.6 is 0 Å². The SMILES string of the molecule is CNC(=O)N(C)CCc1ccc2nc(C)oc2c1. The second kappa shape index (κ2) is 5.08. The third-order valence-corrected chi connectivity index (χ3v) is 2.86. The van der Waals surface area contributed by atoms with Crippen molar-refractivity contribution in [2.45, 2.75) is 13.3 Å². The molecule has 18 heavy (non-hydrogen) atoms. The maximum absolute atomic E-state index is 11.3. The number of nitrogens with one attached hydrogen (secondary N) is 1. The number of oxazole rings is 1. The number of benzene rings is 1. The predicted octanol–water partition coefficient (Wildman–Crippen LogP) is 1.95. The Morgan fingerprint density at radius 3 is 3.00 bits per heavy atom. The maximum Gasteiger partial charge on any atom is 0.316 e. The zero-order valence-electron chi connectivity index (χ0n) is 10.9. The molecular formula is C13H17N3O2. The third-order valence-electron chi connectivity index (χ3n) is 2.86. The van der Waals surface area contributed by atoms with Gasteiger partial charge in [-0.2, -0.15) is 0 Å². The average molecular weight is 247 g/mol. The smallest absolute Gasteiger partial charge is 0.316 e. The number of nitrogens with zero attached hydrogens (tertiary/aromatic N) is 2. The number of urea groups is 1. The molecule has 1 N–H and O–H groups in total. The summed E-state index contributed by atoms with van der Waals surface area (Å²) in [5.41, 5.74) is 2.80. The van der Waals surface area contributed by atoms with Gasteiger partial charge in [-0.15, -0.1) is 0 Å². The van der Waals surface area contributed by atoms with Crippen LogP contribution in [-0.4, -0.2) is 36.6 Å². The molecule has 5 nitrogen and oxygen atoms in total. The molecule has 0 saturated carbocycles. The van der Waals surface area contributed by atoms with Crippen molar-refractivity contribution in [3.63, 3.8) is 0 Å². The lowest BCUT2D eigenvalue weighted by atomic mass is 10.1. The number of likely N-dealkylation sites (N-methyl/N-ethyl adjacent to an activating group) is 1. The summed E-state index contributed by atoms with van der Waals surface area (Å²) in [4.78, 5) is 17.2. The van der Waals surface area contributed by atoms with Gasteiger partial charge in [0.2, 0.25) is 0 Å². The molecule has 0 aliphatic rings. The Morgan fingerprint density at radius 2 is 2.28 bits per heavy atom. The van der Waals surface area contributed by atoms with Gasteiger partial charge in [-0.3, -0.25) is 0 Å². The van der Waals surface area contributed by atoms with Crippen molar-refractivity contribution in [1.29, 1.82) is 0 Å². The second-order valence-corrected chi connectivity index (χ2v) is 4.26. The Hall–Kier alpha value is -2.04. The highest BCUT2D eigenvalue weighted by atomic mass is 16.3. The van der Waals surface area contributed by atoms with Crippen LogP contribution in [0.25, 0.3) is 11.1 Å². The van der Waals surface area contributed by atoms with Crippen LogP contribution in [-0.2, 0) is 6.42 Å². The number of amides is 2. The summed E-state index contributed by atoms with van der Waals surface area (Å²) in [5.74, 6) is 0.671. The summed E-state index contributed by atoms with van der Waals surface area (Å²) < 4.78 is 5.48. The van der Waals surface area contributed by atoms with Crippen LogP contribution in [0.1, 0.15) is 11.5 Å². The topological polar surface area (TPSA) is 58.4 Å². The lowest BCUT2D eigenvalue weighted by molar-refractivity contribution is 0.211. The molecule has 0 spiro atoms. The van der Waals surface area contributed by atoms with E-state index < -0.39 is 0 Å². The van der Waals surface area contributed by atoms with E-state index in [1.54, 1.807) is 19.0 Å². The molecule has 0 unspecified atom stereocenters. The molecule has 0 radical (unpaired) electrons. The number of hydrogen-bond donors (Lipinski definition) is 1. The number of carbonyl (C=O) groups excluding carboxylic acids is 1. The van der Waals surface area contributed by atoms with Crippen LogP contribution in [0.15, 0.2) is 22.6 Å². The van der Waals surface area contributed by atoms with E-state index in [0.29, 0.717) is 12.4 Å². The van der Waals surface area contributed by atoms with Gasteiger partial charge in [0.05, 0.1) is 0 Å². The monoisotopic (exact) mass is 247 g/mol. The fourth-order valence-electron chi connectivity index (χ4n) is 1.83. The van der Waals surface area contributed by atoms with Gasteiger partial charge >= 0.3 is 6.03 Å². The average Bonchev–Trinajstić information content (AvgIpc) is 2.74. The molecular weight excluding hydrogens is 230 g/mol. The quantitative estimate of drug-likeness (QED) is 0.901. The number of rotatable bonds is 3. The van der Waals surface area contributed by atoms with E-state index in [0.717, 1.165) is 23.1 Å². The minimum absolute atomic E-state index is 0.0772. The van der Waals surface area contributed by atoms with E-state index in [-0.39, 0.29) is 6.03 Å². The highest BCUT2D eigenvalue weighted by Crippen LogP contribution is 2.17. The first-order valence-corrected chi connectivity index (χ1v) is 5.89. The van der Waals surface area contributed by atoms with Crippen molar-refractivity contribution in [3.05, 3.63) is 29.7 Å². The summed E-state index contributed by atoms with van der Waals surface area (Å²) >= 11 is 0. The second-order valence-electron chi connectivity index (χ2n) is 4.26. The number of hydrogen-bond acceptors (Lipinski definition) is 3. The van der Waals surface area contributed by atoms with Crippen molar-refractivity contribution in [1.82, 2.24) is 15.2 Å². The molecule has 0 fully saturated rings. The van der Waals surface area contributed by atoms with Crippen LogP contribution in [0, 0.1) is 6.92 Å². The zero-order valence-corrected chi connectivity index (χ0v) is 10.9. The molecule has 5 heteroatoms. The number of aromatic nitrogens is 1. The lowest BCUT2D eigenvalue weighted by Gasteiger charge is -2.16. The van der Waals surface area contributed by atoms with Gasteiger partial charge in [0.25, 0.3) is 0 Å². The summed E-state index contributed by atoms with van der Waals surface area (Å²) in [6.45, 7) is 2.50. The van der Waals surface area contributed by atoms with Crippen molar-refractivity contribution in [3.8, 4) is 0 Å². The van der Waals surface area contributed by atoms with Crippen LogP contribution < -0.4 is 5.32 Å². The molecule has 0 aliphatic heterocycles. The zero-order chi connectivity index (χ0) is 13.1. The molecule has 0 saturated heterocycles. The molecule has 1 heterocycles. The molecule has 0 bridgehead atoms. The molecule has 2 amide bonds. The van der Waals surface area contributed by atoms with Crippen LogP contribution in [0.4, 0.5) is 4.79 Å². The van der Waals surface area contributed by atoms with Crippen molar-refractivity contribution >= 4 is 17.1 Å². The van der Waals surface area contributed by atoms with Gasteiger partial charge in [0, 0.05) is 27.6 Å². The Bertz CT molecular complexity index is 562. The Labute approximate surface area is 106 Å². The highest BCUT2D eigenvalue weighted by molar-refractivity contribution is 5.74. The first-order chi connectivity index (χ1) is 8.60. The maximum atomic E-state index is 11.3. The molecule has 0 atom stereocenters. The number of carbonyl (C=O) groups is 1. The number of fused-ring (bicyclic) bond motifs is 1. The molecule has 0 aliphatic carbocycles. The molecule has 96 valence electrons. The molecule has 2 aromatic rings. The summed E-state index contributed by atoms with van der Waals surface area (Å²) in [6, 6.07) is 5.86. The van der Waals surface area contributed by atoms with Gasteiger partial charge < -0.3 is 14.6 Å². The Morgan fingerprint density at radius 1 is 1.50 bits per heavy atom. The number of aryl methyl sites for hydroxylation is 1. The van der Waals surface area contributed by atoms with E-state index in [1.807, 2.05) is 25.1 Å². The molecule has 1 aromatic heterocycles. The van der Waals surface area contributed by atoms with Gasteiger partial charge in [-0.05, 0) is 24.1 Å². The van der Waals surface area contributed by atoms with E-state index in [1.165, 1.54) is 0 Å². The Balaban J connectivity index is 2.05. The van der Waals surface area contributed by atoms with Gasteiger partial charge in [0.15, 0.2) is 11.5 Å². The van der Waals surface area contributed by atoms with Gasteiger partial charge in [0.1, 0.15) is 5.52 Å². The first-order valence-electron chi connectivity index (χ1n) is 5.89. The summed E-state index contributed by atoms with van der Waals surface area (Å²) in [5, 5.41) is 2.59. The van der Waals surface area contributed by atoms with Gasteiger partial charge in [-0.1, -0.05) is 6.07 Å². The molecule has 2 rings (SSSR count). The van der Waals surface area contributed by atoms with Crippen LogP contribution in [0.5, 0.6) is 0 Å². The fourth-order valence-corrected chi connectivity index (χ4v) is 1.83. The largest absolute Gasteiger partial charge is 0.441 e. The van der Waals surface area contributed by atoms with Crippen LogP contribution in [0.3, 0.4) is 0 Å². The minimum atomic E-state index is -0.0772. The minimum Gasteiger partial charge on any atom is -0.441 e. The standard InChI is InChI=1S/C13H17N3O2/c1-9-15-11-5-4-10(8-12(11)18-9)6-7-16(3)13(17)14-2/h4-5,8H,6-7H2,1-3H3,(H,14,17). The van der Waals surface area contributed by atoms with Crippen molar-refractivity contribution in [2.24, 2.45) is 0 Å². The van der Waals surface area contributed by atoms with E-state index in [9.17, 15) is 4.79 Å². The fraction of sp³-hybridized carbons (Fsp3) is 0.385. The summed E-state index contributed by atoms with van der Waals surface area (Å²) in [6.07, 6.45) is 0.791. The summed E-state index contributed by atoms with van der Waals surface area (Å²) in [7, 11) is 3.40. The van der Waals surface area contributed by atoms with E-state index in [4.69, 9.17) is 4.42 Å². The van der Waals surface area contributed by atoms with Crippen molar-refractivity contribution < 1.29 is 9.21 Å². The van der Waals surface area contributed by atoms with Crippen molar-refractivity contribution in [2.75, 3.05) is 20.6 Å². The first kappa shape index (κ1) is 12.4. The van der Waals surface area contributed by atoms with E-state index in [2.05, 4.69) is 10.3 Å². The third kappa shape index (κ3) is 2.61. The normalized spacial score (nSPS) is 10.6. The molecule has 1 aromatic carbocycles.